The number of aliphatic hydroxyl groups excluding tert-OH is 1. The zero-order chi connectivity index (χ0) is 38.0. The maximum absolute atomic E-state index is 14.8. The van der Waals surface area contributed by atoms with Crippen LogP contribution >= 0.6 is 15.9 Å². The fourth-order valence-electron chi connectivity index (χ4n) is 8.16. The molecule has 3 saturated heterocycles. The van der Waals surface area contributed by atoms with Crippen LogP contribution in [0.5, 0.6) is 0 Å². The maximum atomic E-state index is 14.8. The number of carbonyl (C=O) groups is 4. The molecule has 3 aliphatic heterocycles. The highest BCUT2D eigenvalue weighted by Crippen LogP contribution is 2.60. The molecule has 0 aliphatic carbocycles. The molecule has 3 heterocycles. The lowest BCUT2D eigenvalue weighted by molar-refractivity contribution is -0.163. The number of aliphatic hydroxyl groups is 1. The van der Waals surface area contributed by atoms with Gasteiger partial charge < -0.3 is 34.4 Å². The smallest absolute Gasteiger partial charge is 0.313 e. The van der Waals surface area contributed by atoms with Crippen molar-refractivity contribution in [2.75, 3.05) is 33.4 Å². The van der Waals surface area contributed by atoms with Crippen LogP contribution in [-0.4, -0.2) is 101 Å². The van der Waals surface area contributed by atoms with Gasteiger partial charge >= 0.3 is 5.97 Å². The van der Waals surface area contributed by atoms with E-state index in [2.05, 4.69) is 34.4 Å². The predicted octanol–water partition coefficient (Wildman–Crippen LogP) is 4.88. The van der Waals surface area contributed by atoms with Crippen LogP contribution in [0.3, 0.4) is 0 Å². The van der Waals surface area contributed by atoms with Crippen LogP contribution in [0.25, 0.3) is 0 Å². The summed E-state index contributed by atoms with van der Waals surface area (Å²) >= 11 is 3.76. The van der Waals surface area contributed by atoms with E-state index in [0.29, 0.717) is 44.3 Å². The second-order valence-electron chi connectivity index (χ2n) is 14.1. The molecule has 2 aromatic carbocycles. The van der Waals surface area contributed by atoms with Crippen molar-refractivity contribution in [3.63, 3.8) is 0 Å². The van der Waals surface area contributed by atoms with Gasteiger partial charge in [0.1, 0.15) is 17.7 Å². The molecule has 3 fully saturated rings. The molecule has 3 aliphatic rings. The third-order valence-electron chi connectivity index (χ3n) is 10.5. The van der Waals surface area contributed by atoms with Gasteiger partial charge in [0.05, 0.1) is 30.6 Å². The van der Waals surface area contributed by atoms with Gasteiger partial charge in [0, 0.05) is 44.6 Å². The summed E-state index contributed by atoms with van der Waals surface area (Å²) in [6.07, 6.45) is 5.53. The van der Waals surface area contributed by atoms with Crippen LogP contribution in [0.15, 0.2) is 86.0 Å². The lowest BCUT2D eigenvalue weighted by Gasteiger charge is -2.37. The minimum atomic E-state index is -1.27. The van der Waals surface area contributed by atoms with Crippen LogP contribution in [0, 0.1) is 11.8 Å². The Morgan fingerprint density at radius 1 is 1.08 bits per heavy atom. The highest BCUT2D eigenvalue weighted by Gasteiger charge is 2.77. The number of esters is 1. The van der Waals surface area contributed by atoms with Gasteiger partial charge in [-0.2, -0.15) is 0 Å². The number of benzene rings is 2. The number of amides is 3. The van der Waals surface area contributed by atoms with E-state index in [9.17, 15) is 24.3 Å². The molecule has 0 radical (unpaired) electrons. The minimum absolute atomic E-state index is 0.0613. The number of nitrogens with one attached hydrogen (secondary N) is 1. The lowest BCUT2D eigenvalue weighted by atomic mass is 9.70. The zero-order valence-electron chi connectivity index (χ0n) is 30.4. The van der Waals surface area contributed by atoms with Crippen molar-refractivity contribution in [1.82, 2.24) is 15.1 Å². The molecule has 1 spiro atoms. The van der Waals surface area contributed by atoms with Gasteiger partial charge in [0.2, 0.25) is 17.7 Å². The summed E-state index contributed by atoms with van der Waals surface area (Å²) in [5, 5.41) is 12.3. The van der Waals surface area contributed by atoms with Gasteiger partial charge in [-0.1, -0.05) is 102 Å². The lowest BCUT2D eigenvalue weighted by Crippen LogP contribution is -2.56. The van der Waals surface area contributed by atoms with Crippen molar-refractivity contribution in [1.29, 1.82) is 0 Å². The van der Waals surface area contributed by atoms with Crippen LogP contribution in [0.1, 0.15) is 62.2 Å². The number of carbonyl (C=O) groups excluding carboxylic acids is 4. The van der Waals surface area contributed by atoms with E-state index >= 15 is 0 Å². The Bertz CT molecular complexity index is 1580. The van der Waals surface area contributed by atoms with Crippen molar-refractivity contribution < 1.29 is 38.5 Å². The number of hydrogen-bond acceptors (Lipinski definition) is 8. The van der Waals surface area contributed by atoms with Crippen LogP contribution < -0.4 is 5.32 Å². The first-order valence-corrected chi connectivity index (χ1v) is 19.4. The molecular weight excluding hydrogens is 742 g/mol. The van der Waals surface area contributed by atoms with Crippen LogP contribution in [-0.2, 0) is 39.9 Å². The Hall–Kier alpha value is -3.84. The van der Waals surface area contributed by atoms with Gasteiger partial charge in [0.15, 0.2) is 0 Å². The van der Waals surface area contributed by atoms with Gasteiger partial charge in [0.25, 0.3) is 0 Å². The van der Waals surface area contributed by atoms with Crippen molar-refractivity contribution >= 4 is 39.6 Å². The summed E-state index contributed by atoms with van der Waals surface area (Å²) in [5.74, 6) is -3.43. The third-order valence-corrected chi connectivity index (χ3v) is 11.3. The van der Waals surface area contributed by atoms with E-state index in [-0.39, 0.29) is 48.7 Å². The fraction of sp³-hybridized carbons (Fsp3) is 0.512. The SMILES string of the molecule is C=CCCC(=O)N[C@@H](COC)[C@@H](OC(=O)[C@@H]1[C@H]2O[C@@]3(CC2Br)[C@H](C(=O)N(CC=C)Cc2ccccc2)N(CCCCCCO)C(=O)[C@@H]13)c1ccccc1. The van der Waals surface area contributed by atoms with Gasteiger partial charge in [-0.3, -0.25) is 19.2 Å². The Morgan fingerprint density at radius 2 is 1.77 bits per heavy atom. The molecule has 11 nitrogen and oxygen atoms in total. The molecule has 2 N–H and O–H groups in total. The number of ether oxygens (including phenoxy) is 3. The molecule has 12 heteroatoms. The summed E-state index contributed by atoms with van der Waals surface area (Å²) < 4.78 is 18.6. The molecular formula is C41H52BrN3O8. The Labute approximate surface area is 320 Å². The third kappa shape index (κ3) is 8.94. The van der Waals surface area contributed by atoms with Gasteiger partial charge in [-0.15, -0.1) is 13.2 Å². The number of allylic oxidation sites excluding steroid dienone is 1. The molecule has 5 rings (SSSR count). The number of methoxy groups -OCH3 is 1. The minimum Gasteiger partial charge on any atom is -0.455 e. The number of hydrogen-bond donors (Lipinski definition) is 2. The van der Waals surface area contributed by atoms with Gasteiger partial charge in [-0.25, -0.2) is 0 Å². The number of alkyl halides is 1. The molecule has 286 valence electrons. The average Bonchev–Trinajstić information content (AvgIpc) is 3.76. The average molecular weight is 795 g/mol. The van der Waals surface area contributed by atoms with Crippen molar-refractivity contribution in [2.24, 2.45) is 11.8 Å². The standard InChI is InChI=1S/C41H52BrN3O8/c1-4-6-21-32(47)43-31(27-51-3)35(29-19-13-10-14-20-29)52-40(50)33-34-38(48)45(23-15-7-8-16-24-46)37(41(34)25-30(42)36(33)53-41)39(49)44(22-5-2)26-28-17-11-9-12-18-28/h4-5,9-14,17-20,30-31,33-37,46H,1-2,6-8,15-16,21-27H2,3H3,(H,43,47)/t30?,31-,33-,34+,35-,36-,37-,41+/m0/s1. The molecule has 1 unspecified atom stereocenters. The normalized spacial score (nSPS) is 25.4. The molecule has 8 atom stereocenters. The molecule has 53 heavy (non-hydrogen) atoms. The summed E-state index contributed by atoms with van der Waals surface area (Å²) in [4.78, 5) is 60.1. The largest absolute Gasteiger partial charge is 0.455 e. The molecule has 2 aromatic rings. The number of likely N-dealkylation sites (tertiary alicyclic amines) is 1. The van der Waals surface area contributed by atoms with E-state index in [1.807, 2.05) is 60.7 Å². The summed E-state index contributed by atoms with van der Waals surface area (Å²) in [6.45, 7) is 8.62. The van der Waals surface area contributed by atoms with E-state index < -0.39 is 47.7 Å². The zero-order valence-corrected chi connectivity index (χ0v) is 32.0. The van der Waals surface area contributed by atoms with Crippen LogP contribution in [0.2, 0.25) is 0 Å². The van der Waals surface area contributed by atoms with E-state index in [0.717, 1.165) is 18.4 Å². The number of fused-ring (bicyclic) bond motifs is 1. The topological polar surface area (TPSA) is 135 Å². The summed E-state index contributed by atoms with van der Waals surface area (Å²) in [7, 11) is 1.51. The number of halogens is 1. The Morgan fingerprint density at radius 3 is 2.43 bits per heavy atom. The first kappa shape index (κ1) is 40.3. The first-order chi connectivity index (χ1) is 25.7. The Balaban J connectivity index is 1.49. The summed E-state index contributed by atoms with van der Waals surface area (Å²) in [5.41, 5.74) is 0.310. The second-order valence-corrected chi connectivity index (χ2v) is 15.2. The molecule has 0 aromatic heterocycles. The Kier molecular flexibility index (Phi) is 14.4. The van der Waals surface area contributed by atoms with Crippen molar-refractivity contribution in [3.05, 3.63) is 97.1 Å². The monoisotopic (exact) mass is 793 g/mol. The van der Waals surface area contributed by atoms with Crippen LogP contribution in [0.4, 0.5) is 0 Å². The van der Waals surface area contributed by atoms with Crippen molar-refractivity contribution in [2.45, 2.75) is 86.2 Å². The fourth-order valence-corrected chi connectivity index (χ4v) is 9.10. The number of rotatable bonds is 21. The van der Waals surface area contributed by atoms with E-state index in [4.69, 9.17) is 14.2 Å². The highest BCUT2D eigenvalue weighted by atomic mass is 79.9. The highest BCUT2D eigenvalue weighted by molar-refractivity contribution is 9.09. The van der Waals surface area contributed by atoms with E-state index in [1.165, 1.54) is 7.11 Å². The number of nitrogens with zero attached hydrogens (tertiary/aromatic N) is 2. The summed E-state index contributed by atoms with van der Waals surface area (Å²) in [6, 6.07) is 17.1. The predicted molar refractivity (Wildman–Crippen MR) is 204 cm³/mol. The maximum Gasteiger partial charge on any atom is 0.313 e. The second kappa shape index (κ2) is 19.0. The van der Waals surface area contributed by atoms with Gasteiger partial charge in [-0.05, 0) is 36.8 Å². The molecule has 0 saturated carbocycles. The first-order valence-electron chi connectivity index (χ1n) is 18.5. The molecule has 2 bridgehead atoms. The van der Waals surface area contributed by atoms with E-state index in [1.54, 1.807) is 22.0 Å². The van der Waals surface area contributed by atoms with Crippen molar-refractivity contribution in [3.8, 4) is 0 Å². The quantitative estimate of drug-likeness (QED) is 0.0791. The number of unbranched alkanes of at least 4 members (excludes halogenated alkanes) is 3. The molecule has 3 amide bonds.